The van der Waals surface area contributed by atoms with Crippen molar-refractivity contribution in [2.45, 2.75) is 32.8 Å². The van der Waals surface area contributed by atoms with Crippen molar-refractivity contribution in [3.8, 4) is 16.9 Å². The number of aryl methyl sites for hydroxylation is 1. The molecule has 0 saturated carbocycles. The molecule has 0 bridgehead atoms. The topological polar surface area (TPSA) is 88.9 Å². The van der Waals surface area contributed by atoms with Crippen molar-refractivity contribution < 1.29 is 19.4 Å². The van der Waals surface area contributed by atoms with E-state index in [4.69, 9.17) is 14.9 Å². The molecule has 0 amide bonds. The molecule has 0 spiro atoms. The van der Waals surface area contributed by atoms with E-state index in [1.165, 1.54) is 0 Å². The molecule has 1 aromatic heterocycles. The highest BCUT2D eigenvalue weighted by Gasteiger charge is 2.14. The lowest BCUT2D eigenvalue weighted by molar-refractivity contribution is -0.0385. The fourth-order valence-electron chi connectivity index (χ4n) is 3.65. The Morgan fingerprint density at radius 2 is 1.83 bits per heavy atom. The lowest BCUT2D eigenvalue weighted by Crippen LogP contribution is -2.09. The van der Waals surface area contributed by atoms with Gasteiger partial charge in [0.25, 0.3) is 0 Å². The molecule has 0 unspecified atom stereocenters. The van der Waals surface area contributed by atoms with Gasteiger partial charge in [-0.1, -0.05) is 36.4 Å². The molecule has 5 heteroatoms. The fraction of sp³-hybridized carbons (Fsp3) is 0.200. The minimum absolute atomic E-state index is 0.118. The van der Waals surface area contributed by atoms with Gasteiger partial charge in [-0.15, -0.1) is 0 Å². The lowest BCUT2D eigenvalue weighted by Gasteiger charge is -2.13. The van der Waals surface area contributed by atoms with Crippen LogP contribution in [0.25, 0.3) is 22.1 Å². The molecule has 4 N–H and O–H groups in total. The molecule has 1 heterocycles. The predicted molar refractivity (Wildman–Crippen MR) is 117 cm³/mol. The summed E-state index contributed by atoms with van der Waals surface area (Å²) in [5.41, 5.74) is 12.6. The van der Waals surface area contributed by atoms with Crippen LogP contribution in [0.3, 0.4) is 0 Å². The number of hydrogen-bond acceptors (Lipinski definition) is 5. The first-order valence-corrected chi connectivity index (χ1v) is 9.92. The maximum absolute atomic E-state index is 9.33. The molecule has 0 aliphatic carbocycles. The van der Waals surface area contributed by atoms with Gasteiger partial charge in [-0.25, -0.2) is 0 Å². The Hall–Kier alpha value is -3.12. The van der Waals surface area contributed by atoms with Crippen LogP contribution < -0.4 is 10.5 Å². The number of furan rings is 1. The normalized spacial score (nSPS) is 11.4. The van der Waals surface area contributed by atoms with Gasteiger partial charge in [0.05, 0.1) is 6.26 Å². The number of ether oxygens (including phenoxy) is 1. The van der Waals surface area contributed by atoms with Crippen LogP contribution in [0.1, 0.15) is 22.3 Å². The maximum atomic E-state index is 9.33. The zero-order valence-corrected chi connectivity index (χ0v) is 16.8. The molecule has 0 aliphatic rings. The SMILES string of the molecule is Cc1coc2c(-c3cccc(CN)c3)cc(COc3ccccc3CC(O)O)cc12. The van der Waals surface area contributed by atoms with Gasteiger partial charge in [-0.2, -0.15) is 0 Å². The van der Waals surface area contributed by atoms with Crippen LogP contribution in [0.2, 0.25) is 0 Å². The molecule has 0 aliphatic heterocycles. The third-order valence-electron chi connectivity index (χ3n) is 5.17. The van der Waals surface area contributed by atoms with E-state index >= 15 is 0 Å². The number of aliphatic hydroxyl groups excluding tert-OH is 1. The van der Waals surface area contributed by atoms with Crippen LogP contribution in [-0.2, 0) is 19.6 Å². The molecular weight excluding hydrogens is 378 g/mol. The van der Waals surface area contributed by atoms with Crippen LogP contribution in [-0.4, -0.2) is 16.5 Å². The second kappa shape index (κ2) is 8.71. The third-order valence-corrected chi connectivity index (χ3v) is 5.17. The Labute approximate surface area is 175 Å². The second-order valence-electron chi connectivity index (χ2n) is 7.42. The van der Waals surface area contributed by atoms with Crippen LogP contribution in [0.4, 0.5) is 0 Å². The van der Waals surface area contributed by atoms with E-state index in [1.807, 2.05) is 49.4 Å². The first-order chi connectivity index (χ1) is 14.5. The van der Waals surface area contributed by atoms with E-state index in [0.717, 1.165) is 44.3 Å². The Morgan fingerprint density at radius 1 is 1.00 bits per heavy atom. The molecule has 4 aromatic rings. The molecule has 4 rings (SSSR count). The predicted octanol–water partition coefficient (Wildman–Crippen LogP) is 4.30. The Balaban J connectivity index is 1.70. The molecule has 0 fully saturated rings. The average molecular weight is 403 g/mol. The van der Waals surface area contributed by atoms with E-state index in [9.17, 15) is 10.2 Å². The van der Waals surface area contributed by atoms with Crippen molar-refractivity contribution in [2.24, 2.45) is 5.73 Å². The number of rotatable bonds is 7. The molecule has 0 saturated heterocycles. The van der Waals surface area contributed by atoms with Gasteiger partial charge in [-0.05, 0) is 59.0 Å². The van der Waals surface area contributed by atoms with E-state index in [2.05, 4.69) is 18.2 Å². The Kier molecular flexibility index (Phi) is 5.86. The number of hydrogen-bond donors (Lipinski definition) is 3. The molecule has 30 heavy (non-hydrogen) atoms. The Bertz CT molecular complexity index is 1160. The average Bonchev–Trinajstić information content (AvgIpc) is 3.13. The minimum Gasteiger partial charge on any atom is -0.489 e. The number of benzene rings is 3. The number of nitrogens with two attached hydrogens (primary N) is 1. The summed E-state index contributed by atoms with van der Waals surface area (Å²) in [6, 6.07) is 19.7. The summed E-state index contributed by atoms with van der Waals surface area (Å²) in [5.74, 6) is 0.640. The largest absolute Gasteiger partial charge is 0.489 e. The lowest BCUT2D eigenvalue weighted by atomic mass is 9.98. The van der Waals surface area contributed by atoms with Gasteiger partial charge < -0.3 is 25.1 Å². The van der Waals surface area contributed by atoms with Crippen molar-refractivity contribution >= 4 is 11.0 Å². The molecule has 3 aromatic carbocycles. The molecule has 154 valence electrons. The van der Waals surface area contributed by atoms with Crippen molar-refractivity contribution in [2.75, 3.05) is 0 Å². The monoisotopic (exact) mass is 403 g/mol. The first-order valence-electron chi connectivity index (χ1n) is 9.92. The third kappa shape index (κ3) is 4.24. The summed E-state index contributed by atoms with van der Waals surface area (Å²) in [6.45, 7) is 2.85. The van der Waals surface area contributed by atoms with Crippen molar-refractivity contribution in [3.63, 3.8) is 0 Å². The van der Waals surface area contributed by atoms with Gasteiger partial charge in [0.15, 0.2) is 6.29 Å². The van der Waals surface area contributed by atoms with E-state index in [1.54, 1.807) is 6.26 Å². The molecule has 5 nitrogen and oxygen atoms in total. The fourth-order valence-corrected chi connectivity index (χ4v) is 3.65. The summed E-state index contributed by atoms with van der Waals surface area (Å²) in [4.78, 5) is 0. The quantitative estimate of drug-likeness (QED) is 0.401. The van der Waals surface area contributed by atoms with Crippen molar-refractivity contribution in [3.05, 3.63) is 89.2 Å². The standard InChI is InChI=1S/C25H25NO4/c1-16-14-30-25-21(16)10-18(11-22(25)19-7-4-5-17(9-19)13-26)15-29-23-8-3-2-6-20(23)12-24(27)28/h2-11,14,24,27-28H,12-13,15,26H2,1H3. The van der Waals surface area contributed by atoms with Crippen LogP contribution >= 0.6 is 0 Å². The summed E-state index contributed by atoms with van der Waals surface area (Å²) >= 11 is 0. The number of para-hydroxylation sites is 1. The second-order valence-corrected chi connectivity index (χ2v) is 7.42. The van der Waals surface area contributed by atoms with Crippen molar-refractivity contribution in [1.82, 2.24) is 0 Å². The first kappa shape index (κ1) is 20.2. The van der Waals surface area contributed by atoms with Gasteiger partial charge in [0, 0.05) is 23.9 Å². The van der Waals surface area contributed by atoms with Crippen LogP contribution in [0.5, 0.6) is 5.75 Å². The number of aliphatic hydroxyl groups is 2. The van der Waals surface area contributed by atoms with Gasteiger partial charge >= 0.3 is 0 Å². The van der Waals surface area contributed by atoms with Gasteiger partial charge in [-0.3, -0.25) is 0 Å². The summed E-state index contributed by atoms with van der Waals surface area (Å²) in [6.07, 6.45) is 0.470. The van der Waals surface area contributed by atoms with Crippen LogP contribution in [0, 0.1) is 6.92 Å². The summed E-state index contributed by atoms with van der Waals surface area (Å²) < 4.78 is 11.9. The Morgan fingerprint density at radius 3 is 2.63 bits per heavy atom. The molecular formula is C25H25NO4. The van der Waals surface area contributed by atoms with Gasteiger partial charge in [0.2, 0.25) is 0 Å². The van der Waals surface area contributed by atoms with Crippen LogP contribution in [0.15, 0.2) is 71.3 Å². The van der Waals surface area contributed by atoms with E-state index in [-0.39, 0.29) is 6.42 Å². The van der Waals surface area contributed by atoms with Crippen molar-refractivity contribution in [1.29, 1.82) is 0 Å². The highest BCUT2D eigenvalue weighted by molar-refractivity contribution is 5.95. The smallest absolute Gasteiger partial charge is 0.155 e. The summed E-state index contributed by atoms with van der Waals surface area (Å²) in [7, 11) is 0. The van der Waals surface area contributed by atoms with E-state index < -0.39 is 6.29 Å². The highest BCUT2D eigenvalue weighted by Crippen LogP contribution is 2.34. The highest BCUT2D eigenvalue weighted by atomic mass is 16.5. The zero-order valence-electron chi connectivity index (χ0n) is 16.8. The minimum atomic E-state index is -1.42. The summed E-state index contributed by atoms with van der Waals surface area (Å²) in [5, 5.41) is 19.7. The number of fused-ring (bicyclic) bond motifs is 1. The maximum Gasteiger partial charge on any atom is 0.155 e. The zero-order chi connectivity index (χ0) is 21.1. The van der Waals surface area contributed by atoms with E-state index in [0.29, 0.717) is 18.9 Å². The molecule has 0 atom stereocenters. The molecule has 0 radical (unpaired) electrons. The van der Waals surface area contributed by atoms with Gasteiger partial charge in [0.1, 0.15) is 17.9 Å².